The molecule has 1 unspecified atom stereocenters. The molecule has 1 aromatic carbocycles. The summed E-state index contributed by atoms with van der Waals surface area (Å²) in [5.41, 5.74) is 4.49. The molecule has 2 rings (SSSR count). The van der Waals surface area contributed by atoms with Gasteiger partial charge in [0.15, 0.2) is 0 Å². The van der Waals surface area contributed by atoms with E-state index in [0.29, 0.717) is 6.04 Å². The third-order valence-corrected chi connectivity index (χ3v) is 3.30. The summed E-state index contributed by atoms with van der Waals surface area (Å²) >= 11 is 0. The number of unbranched alkanes of at least 4 members (excludes halogenated alkanes) is 1. The van der Waals surface area contributed by atoms with Crippen molar-refractivity contribution in [1.82, 2.24) is 5.32 Å². The number of rotatable bonds is 4. The Morgan fingerprint density at radius 3 is 3.07 bits per heavy atom. The lowest BCUT2D eigenvalue weighted by molar-refractivity contribution is 0.518. The Hall–Kier alpha value is -0.820. The van der Waals surface area contributed by atoms with Gasteiger partial charge in [0.05, 0.1) is 0 Å². The molecule has 15 heavy (non-hydrogen) atoms. The molecule has 1 aliphatic rings. The SMILES string of the molecule is CCCCNC1CCc2cc(C)ccc21. The minimum Gasteiger partial charge on any atom is -0.310 e. The van der Waals surface area contributed by atoms with Gasteiger partial charge in [-0.05, 0) is 43.9 Å². The molecule has 0 fully saturated rings. The quantitative estimate of drug-likeness (QED) is 0.740. The highest BCUT2D eigenvalue weighted by molar-refractivity contribution is 5.37. The monoisotopic (exact) mass is 203 g/mol. The molecule has 0 saturated carbocycles. The number of hydrogen-bond donors (Lipinski definition) is 1. The molecule has 1 nitrogen and oxygen atoms in total. The van der Waals surface area contributed by atoms with Gasteiger partial charge in [-0.3, -0.25) is 0 Å². The maximum atomic E-state index is 3.66. The van der Waals surface area contributed by atoms with E-state index in [1.807, 2.05) is 0 Å². The molecule has 0 radical (unpaired) electrons. The second-order valence-electron chi connectivity index (χ2n) is 4.60. The van der Waals surface area contributed by atoms with Gasteiger partial charge in [-0.2, -0.15) is 0 Å². The molecule has 82 valence electrons. The van der Waals surface area contributed by atoms with Crippen LogP contribution in [-0.2, 0) is 6.42 Å². The van der Waals surface area contributed by atoms with Crippen molar-refractivity contribution in [2.75, 3.05) is 6.54 Å². The Balaban J connectivity index is 2.02. The van der Waals surface area contributed by atoms with E-state index in [-0.39, 0.29) is 0 Å². The first-order chi connectivity index (χ1) is 7.31. The molecule has 0 amide bonds. The van der Waals surface area contributed by atoms with Gasteiger partial charge in [0.2, 0.25) is 0 Å². The minimum atomic E-state index is 0.618. The standard InChI is InChI=1S/C14H21N/c1-3-4-9-15-14-8-6-12-10-11(2)5-7-13(12)14/h5,7,10,14-15H,3-4,6,8-9H2,1-2H3. The van der Waals surface area contributed by atoms with Crippen molar-refractivity contribution in [1.29, 1.82) is 0 Å². The summed E-state index contributed by atoms with van der Waals surface area (Å²) in [4.78, 5) is 0. The summed E-state index contributed by atoms with van der Waals surface area (Å²) in [6.07, 6.45) is 5.10. The van der Waals surface area contributed by atoms with Crippen LogP contribution in [0, 0.1) is 6.92 Å². The molecular weight excluding hydrogens is 182 g/mol. The minimum absolute atomic E-state index is 0.618. The molecule has 0 aliphatic heterocycles. The maximum Gasteiger partial charge on any atom is 0.0326 e. The van der Waals surface area contributed by atoms with Gasteiger partial charge in [0, 0.05) is 6.04 Å². The van der Waals surface area contributed by atoms with Crippen LogP contribution in [-0.4, -0.2) is 6.54 Å². The van der Waals surface area contributed by atoms with Crippen LogP contribution in [0.15, 0.2) is 18.2 Å². The Labute approximate surface area is 92.9 Å². The van der Waals surface area contributed by atoms with E-state index in [0.717, 1.165) is 6.54 Å². The fourth-order valence-corrected chi connectivity index (χ4v) is 2.41. The van der Waals surface area contributed by atoms with Crippen LogP contribution in [0.2, 0.25) is 0 Å². The summed E-state index contributed by atoms with van der Waals surface area (Å²) < 4.78 is 0. The zero-order valence-electron chi connectivity index (χ0n) is 9.84. The average Bonchev–Trinajstić information content (AvgIpc) is 2.61. The summed E-state index contributed by atoms with van der Waals surface area (Å²) in [6.45, 7) is 5.58. The molecule has 1 aliphatic carbocycles. The lowest BCUT2D eigenvalue weighted by Crippen LogP contribution is -2.20. The summed E-state index contributed by atoms with van der Waals surface area (Å²) in [7, 11) is 0. The second-order valence-corrected chi connectivity index (χ2v) is 4.60. The van der Waals surface area contributed by atoms with Gasteiger partial charge in [0.25, 0.3) is 0 Å². The zero-order valence-corrected chi connectivity index (χ0v) is 9.84. The molecule has 0 heterocycles. The van der Waals surface area contributed by atoms with Crippen LogP contribution in [0.5, 0.6) is 0 Å². The average molecular weight is 203 g/mol. The van der Waals surface area contributed by atoms with E-state index in [1.54, 1.807) is 5.56 Å². The van der Waals surface area contributed by atoms with Crippen molar-refractivity contribution in [3.05, 3.63) is 34.9 Å². The number of benzene rings is 1. The zero-order chi connectivity index (χ0) is 10.7. The highest BCUT2D eigenvalue weighted by atomic mass is 14.9. The lowest BCUT2D eigenvalue weighted by Gasteiger charge is -2.13. The number of aryl methyl sites for hydroxylation is 2. The Morgan fingerprint density at radius 2 is 2.27 bits per heavy atom. The Morgan fingerprint density at radius 1 is 1.40 bits per heavy atom. The van der Waals surface area contributed by atoms with Crippen molar-refractivity contribution in [3.63, 3.8) is 0 Å². The molecule has 0 spiro atoms. The Bertz CT molecular complexity index is 330. The predicted molar refractivity (Wildman–Crippen MR) is 65.2 cm³/mol. The van der Waals surface area contributed by atoms with Crippen LogP contribution in [0.4, 0.5) is 0 Å². The van der Waals surface area contributed by atoms with Crippen molar-refractivity contribution >= 4 is 0 Å². The van der Waals surface area contributed by atoms with Crippen molar-refractivity contribution in [2.45, 2.75) is 45.6 Å². The van der Waals surface area contributed by atoms with Crippen molar-refractivity contribution in [2.24, 2.45) is 0 Å². The van der Waals surface area contributed by atoms with Crippen LogP contribution >= 0.6 is 0 Å². The highest BCUT2D eigenvalue weighted by Gasteiger charge is 2.21. The molecular formula is C14H21N. The first-order valence-corrected chi connectivity index (χ1v) is 6.14. The number of hydrogen-bond acceptors (Lipinski definition) is 1. The van der Waals surface area contributed by atoms with Crippen LogP contribution in [0.25, 0.3) is 0 Å². The molecule has 1 aromatic rings. The van der Waals surface area contributed by atoms with Gasteiger partial charge in [-0.15, -0.1) is 0 Å². The second kappa shape index (κ2) is 4.80. The molecule has 0 aromatic heterocycles. The fraction of sp³-hybridized carbons (Fsp3) is 0.571. The summed E-state index contributed by atoms with van der Waals surface area (Å²) in [5.74, 6) is 0. The van der Waals surface area contributed by atoms with E-state index < -0.39 is 0 Å². The summed E-state index contributed by atoms with van der Waals surface area (Å²) in [6, 6.07) is 7.50. The topological polar surface area (TPSA) is 12.0 Å². The molecule has 1 N–H and O–H groups in total. The Kier molecular flexibility index (Phi) is 3.42. The molecule has 1 heteroatoms. The molecule has 1 atom stereocenters. The smallest absolute Gasteiger partial charge is 0.0326 e. The maximum absolute atomic E-state index is 3.66. The van der Waals surface area contributed by atoms with E-state index in [2.05, 4.69) is 37.4 Å². The van der Waals surface area contributed by atoms with Crippen LogP contribution < -0.4 is 5.32 Å². The van der Waals surface area contributed by atoms with E-state index in [4.69, 9.17) is 0 Å². The predicted octanol–water partition coefficient (Wildman–Crippen LogP) is 3.37. The van der Waals surface area contributed by atoms with Gasteiger partial charge < -0.3 is 5.32 Å². The molecule has 0 bridgehead atoms. The normalized spacial score (nSPS) is 19.2. The number of nitrogens with one attached hydrogen (secondary N) is 1. The highest BCUT2D eigenvalue weighted by Crippen LogP contribution is 2.31. The van der Waals surface area contributed by atoms with E-state index >= 15 is 0 Å². The van der Waals surface area contributed by atoms with E-state index in [9.17, 15) is 0 Å². The van der Waals surface area contributed by atoms with Crippen LogP contribution in [0.1, 0.15) is 48.9 Å². The van der Waals surface area contributed by atoms with Crippen molar-refractivity contribution < 1.29 is 0 Å². The fourth-order valence-electron chi connectivity index (χ4n) is 2.41. The largest absolute Gasteiger partial charge is 0.310 e. The van der Waals surface area contributed by atoms with Gasteiger partial charge in [-0.25, -0.2) is 0 Å². The van der Waals surface area contributed by atoms with Gasteiger partial charge in [0.1, 0.15) is 0 Å². The van der Waals surface area contributed by atoms with Crippen molar-refractivity contribution in [3.8, 4) is 0 Å². The third kappa shape index (κ3) is 2.40. The lowest BCUT2D eigenvalue weighted by atomic mass is 10.1. The first-order valence-electron chi connectivity index (χ1n) is 6.14. The van der Waals surface area contributed by atoms with Gasteiger partial charge in [-0.1, -0.05) is 37.1 Å². The van der Waals surface area contributed by atoms with Gasteiger partial charge >= 0.3 is 0 Å². The summed E-state index contributed by atoms with van der Waals surface area (Å²) in [5, 5.41) is 3.66. The molecule has 0 saturated heterocycles. The van der Waals surface area contributed by atoms with Crippen LogP contribution in [0.3, 0.4) is 0 Å². The first kappa shape index (κ1) is 10.7. The third-order valence-electron chi connectivity index (χ3n) is 3.30. The number of fused-ring (bicyclic) bond motifs is 1. The van der Waals surface area contributed by atoms with E-state index in [1.165, 1.54) is 36.8 Å².